The van der Waals surface area contributed by atoms with Gasteiger partial charge in [-0.3, -0.25) is 9.59 Å². The molecule has 0 atom stereocenters. The molecule has 0 bridgehead atoms. The van der Waals surface area contributed by atoms with E-state index >= 15 is 0 Å². The summed E-state index contributed by atoms with van der Waals surface area (Å²) in [5.74, 6) is -0.611. The summed E-state index contributed by atoms with van der Waals surface area (Å²) in [4.78, 5) is 29.2. The number of carbonyl (C=O) groups excluding carboxylic acids is 2. The van der Waals surface area contributed by atoms with Crippen LogP contribution in [0.25, 0.3) is 10.2 Å². The van der Waals surface area contributed by atoms with Gasteiger partial charge in [0.2, 0.25) is 0 Å². The Hall–Kier alpha value is -2.25. The predicted molar refractivity (Wildman–Crippen MR) is 105 cm³/mol. The highest BCUT2D eigenvalue weighted by molar-refractivity contribution is 7.18. The average Bonchev–Trinajstić information content (AvgIpc) is 3.29. The lowest BCUT2D eigenvalue weighted by Gasteiger charge is -2.06. The summed E-state index contributed by atoms with van der Waals surface area (Å²) in [6, 6.07) is 12.0. The fraction of sp³-hybridized carbons (Fsp3) is 0.316. The average molecular weight is 389 g/mol. The minimum absolute atomic E-state index is 0.218. The van der Waals surface area contributed by atoms with E-state index in [0.717, 1.165) is 28.1 Å². The third-order valence-electron chi connectivity index (χ3n) is 3.75. The lowest BCUT2D eigenvalue weighted by Crippen LogP contribution is -2.30. The van der Waals surface area contributed by atoms with Crippen LogP contribution in [0.1, 0.15) is 22.7 Å². The van der Waals surface area contributed by atoms with Crippen LogP contribution in [0, 0.1) is 0 Å². The highest BCUT2D eigenvalue weighted by Crippen LogP contribution is 2.22. The number of para-hydroxylation sites is 1. The Labute approximate surface area is 160 Å². The normalized spacial score (nSPS) is 10.8. The van der Waals surface area contributed by atoms with Crippen LogP contribution < -0.4 is 5.32 Å². The number of aryl methyl sites for hydroxylation is 1. The van der Waals surface area contributed by atoms with Crippen molar-refractivity contribution in [2.75, 3.05) is 13.2 Å². The standard InChI is InChI=1S/C19H20N2O3S2/c22-17(20-11-10-14-5-4-12-25-14)13-24-19(23)9-3-8-18-21-15-6-1-2-7-16(15)26-18/h1-2,4-7,12H,3,8-11,13H2,(H,20,22). The van der Waals surface area contributed by atoms with Crippen molar-refractivity contribution in [2.45, 2.75) is 25.7 Å². The molecule has 3 rings (SSSR count). The molecule has 7 heteroatoms. The van der Waals surface area contributed by atoms with Gasteiger partial charge in [-0.1, -0.05) is 18.2 Å². The molecule has 0 aliphatic heterocycles. The van der Waals surface area contributed by atoms with E-state index < -0.39 is 0 Å². The first-order valence-electron chi connectivity index (χ1n) is 8.50. The van der Waals surface area contributed by atoms with E-state index in [1.807, 2.05) is 41.8 Å². The second kappa shape index (κ2) is 9.45. The summed E-state index contributed by atoms with van der Waals surface area (Å²) >= 11 is 3.31. The lowest BCUT2D eigenvalue weighted by atomic mass is 10.2. The molecule has 0 radical (unpaired) electrons. The van der Waals surface area contributed by atoms with Gasteiger partial charge in [-0.15, -0.1) is 22.7 Å². The maximum Gasteiger partial charge on any atom is 0.306 e. The van der Waals surface area contributed by atoms with Crippen LogP contribution in [0.5, 0.6) is 0 Å². The van der Waals surface area contributed by atoms with Gasteiger partial charge in [0.05, 0.1) is 15.2 Å². The Bertz CT molecular complexity index is 826. The number of ether oxygens (including phenoxy) is 1. The monoisotopic (exact) mass is 388 g/mol. The molecule has 3 aromatic rings. The predicted octanol–water partition coefficient (Wildman–Crippen LogP) is 3.58. The van der Waals surface area contributed by atoms with E-state index in [0.29, 0.717) is 19.4 Å². The number of amides is 1. The smallest absolute Gasteiger partial charge is 0.306 e. The van der Waals surface area contributed by atoms with Gasteiger partial charge in [0, 0.05) is 17.8 Å². The zero-order valence-corrected chi connectivity index (χ0v) is 15.9. The number of carbonyl (C=O) groups is 2. The molecule has 0 unspecified atom stereocenters. The maximum atomic E-state index is 11.8. The van der Waals surface area contributed by atoms with Crippen molar-refractivity contribution in [3.8, 4) is 0 Å². The Balaban J connectivity index is 1.29. The first-order chi connectivity index (χ1) is 12.7. The summed E-state index contributed by atoms with van der Waals surface area (Å²) in [6.07, 6.45) is 2.48. The van der Waals surface area contributed by atoms with Crippen molar-refractivity contribution >= 4 is 44.8 Å². The van der Waals surface area contributed by atoms with Gasteiger partial charge >= 0.3 is 5.97 Å². The number of rotatable bonds is 9. The van der Waals surface area contributed by atoms with Crippen LogP contribution in [0.15, 0.2) is 41.8 Å². The fourth-order valence-electron chi connectivity index (χ4n) is 2.46. The van der Waals surface area contributed by atoms with E-state index in [1.165, 1.54) is 4.88 Å². The van der Waals surface area contributed by atoms with Crippen molar-refractivity contribution in [3.05, 3.63) is 51.7 Å². The molecule has 0 aliphatic rings. The number of hydrogen-bond donors (Lipinski definition) is 1. The minimum atomic E-state index is -0.348. The first kappa shape index (κ1) is 18.5. The van der Waals surface area contributed by atoms with Gasteiger partial charge < -0.3 is 10.1 Å². The van der Waals surface area contributed by atoms with Crippen molar-refractivity contribution < 1.29 is 14.3 Å². The molecule has 0 saturated carbocycles. The summed E-state index contributed by atoms with van der Waals surface area (Å²) in [5, 5.41) is 5.78. The van der Waals surface area contributed by atoms with Crippen LogP contribution in [-0.2, 0) is 27.2 Å². The molecule has 2 heterocycles. The second-order valence-corrected chi connectivity index (χ2v) is 7.92. The molecule has 0 saturated heterocycles. The van der Waals surface area contributed by atoms with E-state index in [1.54, 1.807) is 22.7 Å². The van der Waals surface area contributed by atoms with Crippen molar-refractivity contribution in [3.63, 3.8) is 0 Å². The zero-order valence-electron chi connectivity index (χ0n) is 14.3. The summed E-state index contributed by atoms with van der Waals surface area (Å²) in [7, 11) is 0. The Morgan fingerprint density at radius 3 is 2.81 bits per heavy atom. The van der Waals surface area contributed by atoms with Crippen molar-refractivity contribution in [1.29, 1.82) is 0 Å². The summed E-state index contributed by atoms with van der Waals surface area (Å²) < 4.78 is 6.18. The van der Waals surface area contributed by atoms with Crippen molar-refractivity contribution in [2.24, 2.45) is 0 Å². The summed E-state index contributed by atoms with van der Waals surface area (Å²) in [6.45, 7) is 0.332. The molecule has 0 aliphatic carbocycles. The molecule has 0 spiro atoms. The van der Waals surface area contributed by atoms with Crippen LogP contribution >= 0.6 is 22.7 Å². The lowest BCUT2D eigenvalue weighted by molar-refractivity contribution is -0.148. The van der Waals surface area contributed by atoms with Crippen LogP contribution in [-0.4, -0.2) is 30.0 Å². The van der Waals surface area contributed by atoms with Gasteiger partial charge in [0.25, 0.3) is 5.91 Å². The van der Waals surface area contributed by atoms with Crippen LogP contribution in [0.2, 0.25) is 0 Å². The number of thiophene rings is 1. The van der Waals surface area contributed by atoms with Gasteiger partial charge in [0.15, 0.2) is 6.61 Å². The van der Waals surface area contributed by atoms with Gasteiger partial charge in [-0.25, -0.2) is 4.98 Å². The fourth-order valence-corrected chi connectivity index (χ4v) is 4.18. The SMILES string of the molecule is O=C(COC(=O)CCCc1nc2ccccc2s1)NCCc1cccs1. The number of benzene rings is 1. The largest absolute Gasteiger partial charge is 0.456 e. The Morgan fingerprint density at radius 1 is 1.12 bits per heavy atom. The third kappa shape index (κ3) is 5.64. The Kier molecular flexibility index (Phi) is 6.74. The minimum Gasteiger partial charge on any atom is -0.456 e. The van der Waals surface area contributed by atoms with E-state index in [2.05, 4.69) is 10.3 Å². The van der Waals surface area contributed by atoms with Gasteiger partial charge in [0.1, 0.15) is 0 Å². The number of hydrogen-bond acceptors (Lipinski definition) is 6. The molecule has 1 N–H and O–H groups in total. The summed E-state index contributed by atoms with van der Waals surface area (Å²) in [5.41, 5.74) is 0.995. The van der Waals surface area contributed by atoms with E-state index in [-0.39, 0.29) is 18.5 Å². The highest BCUT2D eigenvalue weighted by Gasteiger charge is 2.09. The number of fused-ring (bicyclic) bond motifs is 1. The van der Waals surface area contributed by atoms with Crippen molar-refractivity contribution in [1.82, 2.24) is 10.3 Å². The number of aromatic nitrogens is 1. The molecule has 1 aromatic carbocycles. The van der Waals surface area contributed by atoms with Gasteiger partial charge in [-0.05, 0) is 42.8 Å². The molecular formula is C19H20N2O3S2. The molecule has 5 nitrogen and oxygen atoms in total. The van der Waals surface area contributed by atoms with Crippen LogP contribution in [0.4, 0.5) is 0 Å². The number of thiazole rings is 1. The molecule has 2 aromatic heterocycles. The van der Waals surface area contributed by atoms with Gasteiger partial charge in [-0.2, -0.15) is 0 Å². The Morgan fingerprint density at radius 2 is 2.00 bits per heavy atom. The third-order valence-corrected chi connectivity index (χ3v) is 5.78. The molecular weight excluding hydrogens is 368 g/mol. The van der Waals surface area contributed by atoms with E-state index in [9.17, 15) is 9.59 Å². The number of nitrogens with one attached hydrogen (secondary N) is 1. The molecule has 0 fully saturated rings. The quantitative estimate of drug-likeness (QED) is 0.569. The second-order valence-electron chi connectivity index (χ2n) is 5.77. The molecule has 26 heavy (non-hydrogen) atoms. The highest BCUT2D eigenvalue weighted by atomic mass is 32.1. The number of esters is 1. The topological polar surface area (TPSA) is 68.3 Å². The van der Waals surface area contributed by atoms with Crippen LogP contribution in [0.3, 0.4) is 0 Å². The molecule has 136 valence electrons. The zero-order chi connectivity index (χ0) is 18.2. The molecule has 1 amide bonds. The maximum absolute atomic E-state index is 11.8. The number of nitrogens with zero attached hydrogens (tertiary/aromatic N) is 1. The first-order valence-corrected chi connectivity index (χ1v) is 10.2. The van der Waals surface area contributed by atoms with E-state index in [4.69, 9.17) is 4.74 Å².